The van der Waals surface area contributed by atoms with Crippen LogP contribution in [0.2, 0.25) is 0 Å². The molecular formula is C11H12N4O2S. The van der Waals surface area contributed by atoms with Gasteiger partial charge in [-0.05, 0) is 0 Å². The van der Waals surface area contributed by atoms with Crippen LogP contribution in [0, 0.1) is 34.0 Å². The quantitative estimate of drug-likeness (QED) is 0.756. The molecule has 94 valence electrons. The molecule has 0 fully saturated rings. The molecular weight excluding hydrogens is 252 g/mol. The number of nitrogens with zero attached hydrogens (tertiary/aromatic N) is 2. The van der Waals surface area contributed by atoms with Gasteiger partial charge in [0, 0.05) is 5.41 Å². The third-order valence-electron chi connectivity index (χ3n) is 2.69. The van der Waals surface area contributed by atoms with E-state index in [9.17, 15) is 9.59 Å². The van der Waals surface area contributed by atoms with Crippen molar-refractivity contribution in [2.75, 3.05) is 5.75 Å². The van der Waals surface area contributed by atoms with Gasteiger partial charge in [-0.1, -0.05) is 25.6 Å². The number of allylic oxidation sites excluding steroid dienone is 1. The number of rotatable bonds is 3. The third kappa shape index (κ3) is 2.47. The summed E-state index contributed by atoms with van der Waals surface area (Å²) in [4.78, 5) is 22.5. The molecule has 0 unspecified atom stereocenters. The zero-order valence-corrected chi connectivity index (χ0v) is 10.8. The Kier molecular flexibility index (Phi) is 4.00. The van der Waals surface area contributed by atoms with Gasteiger partial charge in [0.2, 0.25) is 11.8 Å². The molecule has 0 radical (unpaired) electrons. The van der Waals surface area contributed by atoms with Gasteiger partial charge in [-0.15, -0.1) is 0 Å². The number of nitrogens with one attached hydrogen (secondary N) is 1. The largest absolute Gasteiger partial charge is 0.369 e. The van der Waals surface area contributed by atoms with Crippen molar-refractivity contribution in [1.82, 2.24) is 5.32 Å². The van der Waals surface area contributed by atoms with Crippen molar-refractivity contribution in [3.63, 3.8) is 0 Å². The molecule has 1 aliphatic heterocycles. The number of nitrogens with two attached hydrogens (primary N) is 1. The number of hydrogen-bond donors (Lipinski definition) is 2. The van der Waals surface area contributed by atoms with Gasteiger partial charge < -0.3 is 11.1 Å². The lowest BCUT2D eigenvalue weighted by molar-refractivity contribution is -0.125. The SMILES string of the molecule is CC1(C)C(C#N)=C(SCC(N)=O)NC(=O)[C@@H]1C#N. The Labute approximate surface area is 109 Å². The number of hydrogen-bond acceptors (Lipinski definition) is 5. The molecule has 0 aliphatic carbocycles. The fraction of sp³-hybridized carbons (Fsp3) is 0.455. The van der Waals surface area contributed by atoms with Gasteiger partial charge in [-0.2, -0.15) is 10.5 Å². The fourth-order valence-electron chi connectivity index (χ4n) is 1.68. The number of amides is 2. The van der Waals surface area contributed by atoms with E-state index in [-0.39, 0.29) is 5.75 Å². The normalized spacial score (nSPS) is 21.8. The lowest BCUT2D eigenvalue weighted by atomic mass is 9.72. The molecule has 7 heteroatoms. The highest BCUT2D eigenvalue weighted by Gasteiger charge is 2.44. The molecule has 0 spiro atoms. The predicted octanol–water partition coefficient (Wildman–Crippen LogP) is 0.236. The molecule has 0 aromatic heterocycles. The van der Waals surface area contributed by atoms with E-state index < -0.39 is 23.1 Å². The molecule has 0 saturated carbocycles. The van der Waals surface area contributed by atoms with Crippen LogP contribution in [0.3, 0.4) is 0 Å². The van der Waals surface area contributed by atoms with E-state index in [0.29, 0.717) is 10.6 Å². The molecule has 0 aromatic carbocycles. The second kappa shape index (κ2) is 5.11. The van der Waals surface area contributed by atoms with Crippen molar-refractivity contribution in [2.45, 2.75) is 13.8 Å². The Morgan fingerprint density at radius 2 is 2.17 bits per heavy atom. The second-order valence-electron chi connectivity index (χ2n) is 4.34. The molecule has 1 rings (SSSR count). The number of thioether (sulfide) groups is 1. The van der Waals surface area contributed by atoms with Crippen molar-refractivity contribution in [3.8, 4) is 12.1 Å². The standard InChI is InChI=1S/C11H12N4O2S/c1-11(2)6(3-12)9(17)15-10(7(11)4-13)18-5-8(14)16/h6H,5H2,1-2H3,(H2,14,16)(H,15,17)/t6-/m0/s1. The summed E-state index contributed by atoms with van der Waals surface area (Å²) in [5, 5.41) is 20.9. The van der Waals surface area contributed by atoms with Crippen LogP contribution >= 0.6 is 11.8 Å². The van der Waals surface area contributed by atoms with Crippen LogP contribution in [-0.2, 0) is 9.59 Å². The summed E-state index contributed by atoms with van der Waals surface area (Å²) in [7, 11) is 0. The Morgan fingerprint density at radius 1 is 1.56 bits per heavy atom. The molecule has 6 nitrogen and oxygen atoms in total. The number of carbonyl (C=O) groups is 2. The van der Waals surface area contributed by atoms with Gasteiger partial charge in [0.25, 0.3) is 0 Å². The maximum atomic E-state index is 11.8. The zero-order valence-electron chi connectivity index (χ0n) is 9.98. The van der Waals surface area contributed by atoms with Crippen molar-refractivity contribution in [3.05, 3.63) is 10.6 Å². The number of nitriles is 2. The average molecular weight is 264 g/mol. The first-order valence-corrected chi connectivity index (χ1v) is 6.09. The van der Waals surface area contributed by atoms with Gasteiger partial charge in [-0.3, -0.25) is 9.59 Å². The van der Waals surface area contributed by atoms with Crippen LogP contribution in [0.15, 0.2) is 10.6 Å². The highest BCUT2D eigenvalue weighted by atomic mass is 32.2. The van der Waals surface area contributed by atoms with Crippen molar-refractivity contribution in [2.24, 2.45) is 17.1 Å². The van der Waals surface area contributed by atoms with E-state index in [1.165, 1.54) is 0 Å². The lowest BCUT2D eigenvalue weighted by Gasteiger charge is -2.34. The van der Waals surface area contributed by atoms with E-state index >= 15 is 0 Å². The van der Waals surface area contributed by atoms with E-state index in [0.717, 1.165) is 11.8 Å². The summed E-state index contributed by atoms with van der Waals surface area (Å²) >= 11 is 0.998. The minimum absolute atomic E-state index is 0.0336. The molecule has 1 atom stereocenters. The molecule has 2 amide bonds. The van der Waals surface area contributed by atoms with Gasteiger partial charge in [0.05, 0.1) is 28.5 Å². The maximum absolute atomic E-state index is 11.8. The first-order chi connectivity index (χ1) is 8.34. The number of primary amides is 1. The van der Waals surface area contributed by atoms with E-state index in [1.54, 1.807) is 13.8 Å². The van der Waals surface area contributed by atoms with Crippen molar-refractivity contribution < 1.29 is 9.59 Å². The van der Waals surface area contributed by atoms with Crippen molar-refractivity contribution in [1.29, 1.82) is 10.5 Å². The maximum Gasteiger partial charge on any atom is 0.243 e. The van der Waals surface area contributed by atoms with Gasteiger partial charge in [-0.25, -0.2) is 0 Å². The molecule has 3 N–H and O–H groups in total. The van der Waals surface area contributed by atoms with Gasteiger partial charge in [0.1, 0.15) is 5.92 Å². The summed E-state index contributed by atoms with van der Waals surface area (Å²) in [6.07, 6.45) is 0. The molecule has 1 aliphatic rings. The molecule has 1 heterocycles. The Balaban J connectivity index is 3.18. The molecule has 18 heavy (non-hydrogen) atoms. The fourth-order valence-corrected chi connectivity index (χ4v) is 2.59. The van der Waals surface area contributed by atoms with E-state index in [2.05, 4.69) is 5.32 Å². The Bertz CT molecular complexity index is 510. The first-order valence-electron chi connectivity index (χ1n) is 5.11. The lowest BCUT2D eigenvalue weighted by Crippen LogP contribution is -2.44. The molecule has 0 aromatic rings. The van der Waals surface area contributed by atoms with E-state index in [1.807, 2.05) is 12.1 Å². The first kappa shape index (κ1) is 14.1. The Morgan fingerprint density at radius 3 is 2.61 bits per heavy atom. The van der Waals surface area contributed by atoms with Crippen LogP contribution in [0.25, 0.3) is 0 Å². The van der Waals surface area contributed by atoms with Crippen LogP contribution in [0.5, 0.6) is 0 Å². The van der Waals surface area contributed by atoms with Gasteiger partial charge >= 0.3 is 0 Å². The molecule has 0 bridgehead atoms. The second-order valence-corrected chi connectivity index (χ2v) is 5.33. The zero-order chi connectivity index (χ0) is 13.9. The van der Waals surface area contributed by atoms with Crippen LogP contribution in [-0.4, -0.2) is 17.6 Å². The monoisotopic (exact) mass is 264 g/mol. The molecule has 0 saturated heterocycles. The van der Waals surface area contributed by atoms with Crippen LogP contribution in [0.1, 0.15) is 13.8 Å². The summed E-state index contributed by atoms with van der Waals surface area (Å²) in [6.45, 7) is 3.31. The van der Waals surface area contributed by atoms with Crippen LogP contribution in [0.4, 0.5) is 0 Å². The minimum atomic E-state index is -0.926. The smallest absolute Gasteiger partial charge is 0.243 e. The topological polar surface area (TPSA) is 120 Å². The Hall–Kier alpha value is -1.99. The van der Waals surface area contributed by atoms with Gasteiger partial charge in [0.15, 0.2) is 0 Å². The summed E-state index contributed by atoms with van der Waals surface area (Å²) < 4.78 is 0. The number of carbonyl (C=O) groups excluding carboxylic acids is 2. The summed E-state index contributed by atoms with van der Waals surface area (Å²) in [6, 6.07) is 3.89. The minimum Gasteiger partial charge on any atom is -0.369 e. The highest BCUT2D eigenvalue weighted by Crippen LogP contribution is 2.41. The summed E-state index contributed by atoms with van der Waals surface area (Å²) in [5.41, 5.74) is 4.43. The van der Waals surface area contributed by atoms with Crippen LogP contribution < -0.4 is 11.1 Å². The summed E-state index contributed by atoms with van der Waals surface area (Å²) in [5.74, 6) is -1.97. The van der Waals surface area contributed by atoms with Crippen molar-refractivity contribution >= 4 is 23.6 Å². The predicted molar refractivity (Wildman–Crippen MR) is 65.3 cm³/mol. The van der Waals surface area contributed by atoms with E-state index in [4.69, 9.17) is 16.3 Å². The average Bonchev–Trinajstić information content (AvgIpc) is 2.25. The third-order valence-corrected chi connectivity index (χ3v) is 3.72. The highest BCUT2D eigenvalue weighted by molar-refractivity contribution is 8.03.